The van der Waals surface area contributed by atoms with Gasteiger partial charge >= 0.3 is 0 Å². The van der Waals surface area contributed by atoms with Crippen molar-refractivity contribution in [2.45, 2.75) is 32.1 Å². The molecule has 3 rings (SSSR count). The monoisotopic (exact) mass is 257 g/mol. The van der Waals surface area contributed by atoms with Crippen molar-refractivity contribution in [3.63, 3.8) is 0 Å². The van der Waals surface area contributed by atoms with E-state index >= 15 is 0 Å². The summed E-state index contributed by atoms with van der Waals surface area (Å²) in [5.41, 5.74) is 2.90. The highest BCUT2D eigenvalue weighted by atomic mass is 16.2. The molecule has 0 N–H and O–H groups in total. The molecule has 3 aliphatic carbocycles. The molecule has 2 nitrogen and oxygen atoms in total. The summed E-state index contributed by atoms with van der Waals surface area (Å²) in [7, 11) is 3.75. The van der Waals surface area contributed by atoms with Gasteiger partial charge in [-0.05, 0) is 43.1 Å². The van der Waals surface area contributed by atoms with Crippen molar-refractivity contribution >= 4 is 5.91 Å². The van der Waals surface area contributed by atoms with Gasteiger partial charge in [0.2, 0.25) is 5.91 Å². The second-order valence-corrected chi connectivity index (χ2v) is 6.24. The average molecular weight is 257 g/mol. The smallest absolute Gasteiger partial charge is 0.229 e. The van der Waals surface area contributed by atoms with Gasteiger partial charge in [-0.2, -0.15) is 0 Å². The largest absolute Gasteiger partial charge is 0.348 e. The fourth-order valence-electron chi connectivity index (χ4n) is 3.98. The lowest BCUT2D eigenvalue weighted by Crippen LogP contribution is -2.38. The van der Waals surface area contributed by atoms with Crippen molar-refractivity contribution in [1.82, 2.24) is 4.90 Å². The number of fused-ring (bicyclic) bond motifs is 3. The molecule has 1 amide bonds. The Kier molecular flexibility index (Phi) is 3.34. The second kappa shape index (κ2) is 4.99. The van der Waals surface area contributed by atoms with E-state index in [1.54, 1.807) is 4.90 Å². The molecule has 19 heavy (non-hydrogen) atoms. The molecule has 3 atom stereocenters. The van der Waals surface area contributed by atoms with Crippen molar-refractivity contribution < 1.29 is 4.79 Å². The van der Waals surface area contributed by atoms with Gasteiger partial charge in [-0.1, -0.05) is 36.3 Å². The van der Waals surface area contributed by atoms with Gasteiger partial charge in [0.25, 0.3) is 0 Å². The van der Waals surface area contributed by atoms with Crippen molar-refractivity contribution in [3.05, 3.63) is 35.5 Å². The Morgan fingerprint density at radius 1 is 1.16 bits per heavy atom. The minimum Gasteiger partial charge on any atom is -0.348 e. The van der Waals surface area contributed by atoms with Crippen LogP contribution in [0.4, 0.5) is 0 Å². The van der Waals surface area contributed by atoms with Crippen LogP contribution in [0.2, 0.25) is 0 Å². The van der Waals surface area contributed by atoms with Crippen LogP contribution < -0.4 is 0 Å². The Morgan fingerprint density at radius 2 is 2.00 bits per heavy atom. The number of amides is 1. The van der Waals surface area contributed by atoms with Gasteiger partial charge in [-0.15, -0.1) is 0 Å². The first kappa shape index (κ1) is 12.7. The Hall–Kier alpha value is -1.31. The summed E-state index contributed by atoms with van der Waals surface area (Å²) >= 11 is 0. The van der Waals surface area contributed by atoms with Crippen molar-refractivity contribution in [3.8, 4) is 0 Å². The number of nitrogens with zero attached hydrogens (tertiary/aromatic N) is 1. The molecule has 0 aromatic heterocycles. The first-order chi connectivity index (χ1) is 9.18. The molecule has 0 saturated heterocycles. The van der Waals surface area contributed by atoms with E-state index in [4.69, 9.17) is 0 Å². The van der Waals surface area contributed by atoms with Crippen LogP contribution in [0.15, 0.2) is 35.5 Å². The number of rotatable bonds is 1. The van der Waals surface area contributed by atoms with Crippen LogP contribution in [0.1, 0.15) is 32.1 Å². The summed E-state index contributed by atoms with van der Waals surface area (Å²) in [6.45, 7) is 0. The van der Waals surface area contributed by atoms with E-state index in [1.165, 1.54) is 36.8 Å². The zero-order chi connectivity index (χ0) is 13.4. The highest BCUT2D eigenvalue weighted by molar-refractivity contribution is 5.81. The van der Waals surface area contributed by atoms with Crippen molar-refractivity contribution in [2.75, 3.05) is 14.1 Å². The highest BCUT2D eigenvalue weighted by Crippen LogP contribution is 2.47. The molecular formula is C17H23NO. The van der Waals surface area contributed by atoms with Crippen molar-refractivity contribution in [1.29, 1.82) is 0 Å². The molecule has 0 aromatic rings. The van der Waals surface area contributed by atoms with Crippen LogP contribution in [0.5, 0.6) is 0 Å². The minimum absolute atomic E-state index is 0.137. The van der Waals surface area contributed by atoms with Gasteiger partial charge in [0.1, 0.15) is 0 Å². The molecule has 0 radical (unpaired) electrons. The fraction of sp³-hybridized carbons (Fsp3) is 0.588. The van der Waals surface area contributed by atoms with Crippen LogP contribution in [0.3, 0.4) is 0 Å². The van der Waals surface area contributed by atoms with Crippen molar-refractivity contribution in [2.24, 2.45) is 17.8 Å². The van der Waals surface area contributed by atoms with E-state index in [1.807, 2.05) is 14.1 Å². The summed E-state index contributed by atoms with van der Waals surface area (Å²) in [5.74, 6) is 1.71. The molecule has 3 unspecified atom stereocenters. The summed E-state index contributed by atoms with van der Waals surface area (Å²) in [6.07, 6.45) is 15.0. The van der Waals surface area contributed by atoms with E-state index in [0.717, 1.165) is 6.42 Å². The molecule has 0 spiro atoms. The number of hydrogen-bond acceptors (Lipinski definition) is 1. The first-order valence-corrected chi connectivity index (χ1v) is 7.48. The summed E-state index contributed by atoms with van der Waals surface area (Å²) in [5, 5.41) is 0. The van der Waals surface area contributed by atoms with Crippen LogP contribution >= 0.6 is 0 Å². The SMILES string of the molecule is CN(C)C(=O)C1CCCC2C1=CC=C1C=CCCC12. The zero-order valence-corrected chi connectivity index (χ0v) is 11.9. The standard InChI is InChI=1S/C17H23NO/c1-18(2)17(19)16-9-5-8-14-13-7-4-3-6-12(13)10-11-15(14)16/h3,6,10-11,13-14,16H,4-5,7-9H2,1-2H3. The molecule has 0 aliphatic heterocycles. The molecule has 1 fully saturated rings. The molecule has 1 saturated carbocycles. The van der Waals surface area contributed by atoms with Crippen LogP contribution in [0.25, 0.3) is 0 Å². The van der Waals surface area contributed by atoms with E-state index in [-0.39, 0.29) is 5.92 Å². The van der Waals surface area contributed by atoms with Crippen LogP contribution in [-0.2, 0) is 4.79 Å². The number of carbonyl (C=O) groups is 1. The highest BCUT2D eigenvalue weighted by Gasteiger charge is 2.39. The molecular weight excluding hydrogens is 234 g/mol. The van der Waals surface area contributed by atoms with E-state index in [2.05, 4.69) is 24.3 Å². The topological polar surface area (TPSA) is 20.3 Å². The Morgan fingerprint density at radius 3 is 2.79 bits per heavy atom. The number of hydrogen-bond donors (Lipinski definition) is 0. The van der Waals surface area contributed by atoms with E-state index in [9.17, 15) is 4.79 Å². The van der Waals surface area contributed by atoms with Gasteiger partial charge in [0, 0.05) is 14.1 Å². The maximum atomic E-state index is 12.4. The summed E-state index contributed by atoms with van der Waals surface area (Å²) in [4.78, 5) is 14.1. The molecule has 0 aromatic carbocycles. The lowest BCUT2D eigenvalue weighted by molar-refractivity contribution is -0.132. The number of carbonyl (C=O) groups excluding carboxylic acids is 1. The van der Waals surface area contributed by atoms with Gasteiger partial charge in [-0.25, -0.2) is 0 Å². The lowest BCUT2D eigenvalue weighted by atomic mass is 9.64. The first-order valence-electron chi connectivity index (χ1n) is 7.48. The summed E-state index contributed by atoms with van der Waals surface area (Å²) in [6, 6.07) is 0. The third-order valence-electron chi connectivity index (χ3n) is 4.91. The maximum Gasteiger partial charge on any atom is 0.229 e. The third-order valence-corrected chi connectivity index (χ3v) is 4.91. The molecule has 3 aliphatic rings. The van der Waals surface area contributed by atoms with Gasteiger partial charge < -0.3 is 4.90 Å². The van der Waals surface area contributed by atoms with Gasteiger partial charge in [0.05, 0.1) is 5.92 Å². The Bertz CT molecular complexity index is 470. The second-order valence-electron chi connectivity index (χ2n) is 6.24. The zero-order valence-electron chi connectivity index (χ0n) is 11.9. The maximum absolute atomic E-state index is 12.4. The Balaban J connectivity index is 1.92. The third kappa shape index (κ3) is 2.18. The lowest BCUT2D eigenvalue weighted by Gasteiger charge is -2.41. The normalized spacial score (nSPS) is 32.8. The summed E-state index contributed by atoms with van der Waals surface area (Å²) < 4.78 is 0. The van der Waals surface area contributed by atoms with E-state index in [0.29, 0.717) is 17.7 Å². The molecule has 0 heterocycles. The average Bonchev–Trinajstić information content (AvgIpc) is 2.45. The van der Waals surface area contributed by atoms with Gasteiger partial charge in [0.15, 0.2) is 0 Å². The predicted octanol–water partition coefficient (Wildman–Crippen LogP) is 3.32. The number of allylic oxidation sites excluding steroid dienone is 5. The van der Waals surface area contributed by atoms with Crippen LogP contribution in [-0.4, -0.2) is 24.9 Å². The van der Waals surface area contributed by atoms with E-state index < -0.39 is 0 Å². The molecule has 102 valence electrons. The Labute approximate surface area is 115 Å². The quantitative estimate of drug-likeness (QED) is 0.705. The molecule has 2 heteroatoms. The van der Waals surface area contributed by atoms with Crippen LogP contribution in [0, 0.1) is 17.8 Å². The minimum atomic E-state index is 0.137. The molecule has 0 bridgehead atoms. The van der Waals surface area contributed by atoms with Gasteiger partial charge in [-0.3, -0.25) is 4.79 Å². The predicted molar refractivity (Wildman–Crippen MR) is 77.6 cm³/mol. The fourth-order valence-corrected chi connectivity index (χ4v) is 3.98.